The highest BCUT2D eigenvalue weighted by atomic mass is 32.2. The molecule has 0 heterocycles. The zero-order chi connectivity index (χ0) is 14.8. The normalized spacial score (nSPS) is 11.3. The zero-order valence-corrected chi connectivity index (χ0v) is 11.3. The second-order valence-electron chi connectivity index (χ2n) is 3.28. The summed E-state index contributed by atoms with van der Waals surface area (Å²) in [6, 6.07) is -1.19. The van der Waals surface area contributed by atoms with Crippen LogP contribution in [-0.4, -0.2) is 46.8 Å². The maximum atomic E-state index is 11.2. The molecule has 0 aliphatic heterocycles. The summed E-state index contributed by atoms with van der Waals surface area (Å²) in [6.07, 6.45) is 0.161. The smallest absolute Gasteiger partial charge is 0.370 e. The Labute approximate surface area is 113 Å². The van der Waals surface area contributed by atoms with Gasteiger partial charge in [-0.3, -0.25) is 9.59 Å². The van der Waals surface area contributed by atoms with Crippen molar-refractivity contribution in [3.8, 4) is 0 Å². The Kier molecular flexibility index (Phi) is 8.34. The molecule has 19 heavy (non-hydrogen) atoms. The Morgan fingerprint density at radius 3 is 2.37 bits per heavy atom. The number of carbonyl (C=O) groups excluding carboxylic acids is 3. The number of esters is 1. The molecule has 0 aromatic carbocycles. The first-order valence-corrected chi connectivity index (χ1v) is 6.30. The van der Waals surface area contributed by atoms with Crippen molar-refractivity contribution >= 4 is 34.9 Å². The van der Waals surface area contributed by atoms with Crippen LogP contribution in [0.15, 0.2) is 0 Å². The fourth-order valence-electron chi connectivity index (χ4n) is 0.858. The van der Waals surface area contributed by atoms with Crippen LogP contribution >= 0.6 is 11.8 Å². The summed E-state index contributed by atoms with van der Waals surface area (Å²) in [5, 5.41) is 10.1. The third-order valence-corrected chi connectivity index (χ3v) is 2.58. The molecule has 0 aromatic heterocycles. The Balaban J connectivity index is 3.95. The summed E-state index contributed by atoms with van der Waals surface area (Å²) in [4.78, 5) is 43.4. The first-order chi connectivity index (χ1) is 8.86. The molecule has 0 unspecified atom stereocenters. The van der Waals surface area contributed by atoms with Crippen LogP contribution in [0.3, 0.4) is 0 Å². The molecule has 0 saturated carbocycles. The number of rotatable bonds is 7. The Bertz CT molecular complexity index is 358. The van der Waals surface area contributed by atoms with Crippen LogP contribution in [0.25, 0.3) is 0 Å². The second-order valence-corrected chi connectivity index (χ2v) is 4.24. The van der Waals surface area contributed by atoms with Crippen LogP contribution in [-0.2, 0) is 23.9 Å². The molecule has 0 rings (SSSR count). The fraction of sp³-hybridized carbons (Fsp3) is 0.600. The summed E-state index contributed by atoms with van der Waals surface area (Å²) >= 11 is 0.566. The number of carbonyl (C=O) groups is 4. The zero-order valence-electron chi connectivity index (χ0n) is 10.5. The summed E-state index contributed by atoms with van der Waals surface area (Å²) in [6.45, 7) is 2.24. The van der Waals surface area contributed by atoms with Gasteiger partial charge in [-0.25, -0.2) is 9.59 Å². The van der Waals surface area contributed by atoms with Gasteiger partial charge in [0.1, 0.15) is 6.04 Å². The summed E-state index contributed by atoms with van der Waals surface area (Å²) < 4.78 is 9.02. The monoisotopic (exact) mass is 293 g/mol. The maximum Gasteiger partial charge on any atom is 0.370 e. The average Bonchev–Trinajstić information content (AvgIpc) is 2.33. The van der Waals surface area contributed by atoms with Crippen molar-refractivity contribution in [1.82, 2.24) is 5.32 Å². The summed E-state index contributed by atoms with van der Waals surface area (Å²) in [7, 11) is 0. The van der Waals surface area contributed by atoms with E-state index in [-0.39, 0.29) is 12.2 Å². The maximum absolute atomic E-state index is 11.2. The quantitative estimate of drug-likeness (QED) is 0.510. The third-order valence-electron chi connectivity index (χ3n) is 1.73. The first-order valence-electron chi connectivity index (χ1n) is 5.31. The molecule has 0 saturated heterocycles. The van der Waals surface area contributed by atoms with E-state index in [9.17, 15) is 19.2 Å². The minimum atomic E-state index is -1.26. The third kappa shape index (κ3) is 8.89. The van der Waals surface area contributed by atoms with Gasteiger partial charge < -0.3 is 19.9 Å². The lowest BCUT2D eigenvalue weighted by molar-refractivity contribution is -0.150. The van der Waals surface area contributed by atoms with Crippen LogP contribution in [0.4, 0.5) is 4.79 Å². The van der Waals surface area contributed by atoms with E-state index in [4.69, 9.17) is 5.11 Å². The summed E-state index contributed by atoms with van der Waals surface area (Å²) in [5.74, 6) is -2.47. The number of carboxylic acid groups (broad SMARTS) is 1. The number of amides is 1. The molecule has 1 amide bonds. The highest BCUT2D eigenvalue weighted by Crippen LogP contribution is 2.08. The number of carboxylic acids is 1. The van der Waals surface area contributed by atoms with Crippen LogP contribution in [0.1, 0.15) is 20.3 Å². The van der Waals surface area contributed by atoms with Gasteiger partial charge in [-0.2, -0.15) is 0 Å². The van der Waals surface area contributed by atoms with Gasteiger partial charge in [-0.1, -0.05) is 6.92 Å². The minimum Gasteiger partial charge on any atom is -0.480 e. The number of nitrogens with one attached hydrogen (secondary N) is 1. The van der Waals surface area contributed by atoms with E-state index in [2.05, 4.69) is 14.8 Å². The predicted molar refractivity (Wildman–Crippen MR) is 65.4 cm³/mol. The molecule has 2 N–H and O–H groups in total. The van der Waals surface area contributed by atoms with E-state index in [0.717, 1.165) is 0 Å². The molecule has 0 fully saturated rings. The van der Waals surface area contributed by atoms with Crippen LogP contribution in [0, 0.1) is 0 Å². The highest BCUT2D eigenvalue weighted by Gasteiger charge is 2.20. The lowest BCUT2D eigenvalue weighted by Crippen LogP contribution is -2.41. The number of thioether (sulfide) groups is 1. The van der Waals surface area contributed by atoms with Gasteiger partial charge in [-0.15, -0.1) is 0 Å². The van der Waals surface area contributed by atoms with E-state index in [1.54, 1.807) is 6.92 Å². The Hall–Kier alpha value is -1.77. The highest BCUT2D eigenvalue weighted by molar-refractivity contribution is 8.13. The molecule has 108 valence electrons. The van der Waals surface area contributed by atoms with Crippen molar-refractivity contribution in [2.75, 3.05) is 12.5 Å². The number of hydrogen-bond acceptors (Lipinski definition) is 7. The molecule has 0 aromatic rings. The number of ether oxygens (including phenoxy) is 2. The van der Waals surface area contributed by atoms with Crippen molar-refractivity contribution in [1.29, 1.82) is 0 Å². The molecule has 0 bridgehead atoms. The van der Waals surface area contributed by atoms with Gasteiger partial charge in [0.15, 0.2) is 0 Å². The SMILES string of the molecule is CCC(=O)OCOC(=O)SC[C@H](NC(C)=O)C(=O)O. The largest absolute Gasteiger partial charge is 0.480 e. The topological polar surface area (TPSA) is 119 Å². The van der Waals surface area contributed by atoms with Gasteiger partial charge in [0.25, 0.3) is 0 Å². The van der Waals surface area contributed by atoms with E-state index in [1.165, 1.54) is 6.92 Å². The van der Waals surface area contributed by atoms with Crippen molar-refractivity contribution in [3.05, 3.63) is 0 Å². The lowest BCUT2D eigenvalue weighted by Gasteiger charge is -2.12. The molecule has 0 spiro atoms. The van der Waals surface area contributed by atoms with E-state index in [0.29, 0.717) is 11.8 Å². The van der Waals surface area contributed by atoms with Gasteiger partial charge in [0, 0.05) is 19.1 Å². The lowest BCUT2D eigenvalue weighted by atomic mass is 10.3. The molecule has 9 heteroatoms. The van der Waals surface area contributed by atoms with Crippen molar-refractivity contribution in [2.45, 2.75) is 26.3 Å². The molecule has 0 aliphatic rings. The van der Waals surface area contributed by atoms with Gasteiger partial charge >= 0.3 is 17.2 Å². The van der Waals surface area contributed by atoms with E-state index >= 15 is 0 Å². The van der Waals surface area contributed by atoms with E-state index < -0.39 is 36.0 Å². The van der Waals surface area contributed by atoms with E-state index in [1.807, 2.05) is 0 Å². The summed E-state index contributed by atoms with van der Waals surface area (Å²) in [5.41, 5.74) is 0. The van der Waals surface area contributed by atoms with Crippen LogP contribution in [0.2, 0.25) is 0 Å². The van der Waals surface area contributed by atoms with Crippen molar-refractivity contribution < 1.29 is 33.8 Å². The second kappa shape index (κ2) is 9.20. The van der Waals surface area contributed by atoms with Gasteiger partial charge in [0.05, 0.1) is 0 Å². The molecule has 1 atom stereocenters. The first kappa shape index (κ1) is 17.2. The number of hydrogen-bond donors (Lipinski definition) is 2. The Morgan fingerprint density at radius 1 is 1.26 bits per heavy atom. The molecule has 8 nitrogen and oxygen atoms in total. The standard InChI is InChI=1S/C10H15NO7S/c1-3-8(13)17-5-18-10(16)19-4-7(9(14)15)11-6(2)12/h7H,3-5H2,1-2H3,(H,11,12)(H,14,15)/t7-/m0/s1. The van der Waals surface area contributed by atoms with Crippen molar-refractivity contribution in [3.63, 3.8) is 0 Å². The molecule has 0 radical (unpaired) electrons. The van der Waals surface area contributed by atoms with Crippen LogP contribution < -0.4 is 5.32 Å². The molecular formula is C10H15NO7S. The molecule has 0 aliphatic carbocycles. The van der Waals surface area contributed by atoms with Gasteiger partial charge in [-0.05, 0) is 11.8 Å². The van der Waals surface area contributed by atoms with Crippen molar-refractivity contribution in [2.24, 2.45) is 0 Å². The fourth-order valence-corrected chi connectivity index (χ4v) is 1.52. The number of aliphatic carboxylic acids is 1. The van der Waals surface area contributed by atoms with Crippen LogP contribution in [0.5, 0.6) is 0 Å². The average molecular weight is 293 g/mol. The minimum absolute atomic E-state index is 0.161. The van der Waals surface area contributed by atoms with Gasteiger partial charge in [0.2, 0.25) is 12.7 Å². The Morgan fingerprint density at radius 2 is 1.89 bits per heavy atom. The molecular weight excluding hydrogens is 278 g/mol. The predicted octanol–water partition coefficient (Wildman–Crippen LogP) is 0.356.